The third-order valence-corrected chi connectivity index (χ3v) is 4.26. The Hall–Kier alpha value is -3.08. The molecule has 0 fully saturated rings. The molecule has 0 atom stereocenters. The Labute approximate surface area is 146 Å². The summed E-state index contributed by atoms with van der Waals surface area (Å²) in [5.41, 5.74) is 3.47. The molecule has 2 aromatic carbocycles. The Bertz CT molecular complexity index is 970. The van der Waals surface area contributed by atoms with Gasteiger partial charge in [0.25, 0.3) is 0 Å². The quantitative estimate of drug-likeness (QED) is 0.737. The van der Waals surface area contributed by atoms with Gasteiger partial charge in [-0.05, 0) is 54.5 Å². The van der Waals surface area contributed by atoms with Crippen LogP contribution >= 0.6 is 0 Å². The van der Waals surface area contributed by atoms with Gasteiger partial charge in [-0.15, -0.1) is 0 Å². The average Bonchev–Trinajstić information content (AvgIpc) is 2.85. The molecule has 0 saturated carbocycles. The molecule has 0 spiro atoms. The molecular formula is C20H21N3O2. The number of anilines is 1. The number of carbonyl (C=O) groups is 1. The van der Waals surface area contributed by atoms with E-state index in [1.54, 1.807) is 17.9 Å². The topological polar surface area (TPSA) is 56.1 Å². The molecule has 25 heavy (non-hydrogen) atoms. The number of amides is 1. The highest BCUT2D eigenvalue weighted by Crippen LogP contribution is 2.22. The van der Waals surface area contributed by atoms with Crippen molar-refractivity contribution in [2.75, 3.05) is 12.4 Å². The third kappa shape index (κ3) is 3.55. The number of methoxy groups -OCH3 is 1. The first-order valence-corrected chi connectivity index (χ1v) is 8.05. The average molecular weight is 335 g/mol. The van der Waals surface area contributed by atoms with Crippen molar-refractivity contribution in [3.63, 3.8) is 0 Å². The van der Waals surface area contributed by atoms with Gasteiger partial charge in [-0.1, -0.05) is 18.2 Å². The molecule has 0 unspecified atom stereocenters. The summed E-state index contributed by atoms with van der Waals surface area (Å²) in [4.78, 5) is 12.2. The molecule has 0 saturated heterocycles. The van der Waals surface area contributed by atoms with Crippen molar-refractivity contribution in [1.82, 2.24) is 9.78 Å². The lowest BCUT2D eigenvalue weighted by molar-refractivity contribution is -0.111. The number of carbonyl (C=O) groups excluding carboxylic acids is 1. The predicted molar refractivity (Wildman–Crippen MR) is 101 cm³/mol. The summed E-state index contributed by atoms with van der Waals surface area (Å²) in [7, 11) is 3.51. The summed E-state index contributed by atoms with van der Waals surface area (Å²) < 4.78 is 6.99. The standard InChI is InChI=1S/C20H21N3O2/c1-13-20(14(2)23(3)22-13)21-19(24)10-6-15-5-7-17-12-18(25-4)9-8-16(17)11-15/h5-12H,1-4H3,(H,21,24)/b10-6+. The molecule has 0 aliphatic carbocycles. The van der Waals surface area contributed by atoms with Crippen LogP contribution in [0.2, 0.25) is 0 Å². The second-order valence-corrected chi connectivity index (χ2v) is 5.96. The van der Waals surface area contributed by atoms with Crippen LogP contribution in [0.3, 0.4) is 0 Å². The Morgan fingerprint density at radius 2 is 1.88 bits per heavy atom. The van der Waals surface area contributed by atoms with Crippen molar-refractivity contribution in [3.05, 3.63) is 59.4 Å². The van der Waals surface area contributed by atoms with Gasteiger partial charge in [-0.3, -0.25) is 9.48 Å². The minimum Gasteiger partial charge on any atom is -0.497 e. The maximum Gasteiger partial charge on any atom is 0.248 e. The Balaban J connectivity index is 1.77. The van der Waals surface area contributed by atoms with Gasteiger partial charge in [-0.25, -0.2) is 0 Å². The van der Waals surface area contributed by atoms with E-state index in [9.17, 15) is 4.79 Å². The van der Waals surface area contributed by atoms with E-state index in [-0.39, 0.29) is 5.91 Å². The van der Waals surface area contributed by atoms with Crippen LogP contribution in [0.1, 0.15) is 17.0 Å². The largest absolute Gasteiger partial charge is 0.497 e. The van der Waals surface area contributed by atoms with Crippen LogP contribution in [0.4, 0.5) is 5.69 Å². The molecule has 0 bridgehead atoms. The van der Waals surface area contributed by atoms with Crippen LogP contribution in [0.15, 0.2) is 42.5 Å². The fraction of sp³-hybridized carbons (Fsp3) is 0.200. The number of hydrogen-bond donors (Lipinski definition) is 1. The maximum absolute atomic E-state index is 12.2. The van der Waals surface area contributed by atoms with E-state index in [1.165, 1.54) is 6.08 Å². The van der Waals surface area contributed by atoms with Crippen LogP contribution < -0.4 is 10.1 Å². The van der Waals surface area contributed by atoms with Gasteiger partial charge in [0, 0.05) is 13.1 Å². The third-order valence-electron chi connectivity index (χ3n) is 4.26. The summed E-state index contributed by atoms with van der Waals surface area (Å²) in [6.45, 7) is 3.81. The van der Waals surface area contributed by atoms with Crippen molar-refractivity contribution in [1.29, 1.82) is 0 Å². The molecule has 0 aliphatic heterocycles. The predicted octanol–water partition coefficient (Wildman–Crippen LogP) is 3.85. The van der Waals surface area contributed by atoms with Gasteiger partial charge in [0.05, 0.1) is 24.2 Å². The Kier molecular flexibility index (Phi) is 4.57. The van der Waals surface area contributed by atoms with Crippen LogP contribution in [-0.4, -0.2) is 22.8 Å². The molecule has 1 N–H and O–H groups in total. The lowest BCUT2D eigenvalue weighted by Crippen LogP contribution is -2.09. The highest BCUT2D eigenvalue weighted by Gasteiger charge is 2.10. The monoisotopic (exact) mass is 335 g/mol. The fourth-order valence-corrected chi connectivity index (χ4v) is 2.76. The number of ether oxygens (including phenoxy) is 1. The van der Waals surface area contributed by atoms with E-state index in [0.29, 0.717) is 0 Å². The molecule has 0 aliphatic rings. The number of hydrogen-bond acceptors (Lipinski definition) is 3. The normalized spacial score (nSPS) is 11.2. The van der Waals surface area contributed by atoms with Gasteiger partial charge in [0.15, 0.2) is 0 Å². The van der Waals surface area contributed by atoms with E-state index in [2.05, 4.69) is 10.4 Å². The molecular weight excluding hydrogens is 314 g/mol. The SMILES string of the molecule is COc1ccc2cc(/C=C/C(=O)Nc3c(C)nn(C)c3C)ccc2c1. The zero-order valence-corrected chi connectivity index (χ0v) is 14.8. The second-order valence-electron chi connectivity index (χ2n) is 5.96. The molecule has 5 nitrogen and oxygen atoms in total. The number of aromatic nitrogens is 2. The smallest absolute Gasteiger partial charge is 0.248 e. The van der Waals surface area contributed by atoms with E-state index >= 15 is 0 Å². The van der Waals surface area contributed by atoms with Crippen molar-refractivity contribution in [2.45, 2.75) is 13.8 Å². The highest BCUT2D eigenvalue weighted by atomic mass is 16.5. The van der Waals surface area contributed by atoms with E-state index < -0.39 is 0 Å². The second kappa shape index (κ2) is 6.81. The number of benzene rings is 2. The van der Waals surface area contributed by atoms with Crippen LogP contribution in [0.5, 0.6) is 5.75 Å². The van der Waals surface area contributed by atoms with E-state index in [0.717, 1.165) is 39.2 Å². The number of nitrogens with one attached hydrogen (secondary N) is 1. The van der Waals surface area contributed by atoms with Crippen LogP contribution in [0.25, 0.3) is 16.8 Å². The maximum atomic E-state index is 12.2. The zero-order valence-electron chi connectivity index (χ0n) is 14.8. The Morgan fingerprint density at radius 3 is 2.56 bits per heavy atom. The van der Waals surface area contributed by atoms with Crippen molar-refractivity contribution >= 4 is 28.4 Å². The first-order chi connectivity index (χ1) is 12.0. The minimum atomic E-state index is -0.172. The van der Waals surface area contributed by atoms with Crippen LogP contribution in [0, 0.1) is 13.8 Å². The molecule has 128 valence electrons. The fourth-order valence-electron chi connectivity index (χ4n) is 2.76. The van der Waals surface area contributed by atoms with Gasteiger partial charge >= 0.3 is 0 Å². The van der Waals surface area contributed by atoms with E-state index in [1.807, 2.05) is 57.3 Å². The first-order valence-electron chi connectivity index (χ1n) is 8.05. The van der Waals surface area contributed by atoms with Crippen molar-refractivity contribution in [3.8, 4) is 5.75 Å². The molecule has 3 aromatic rings. The minimum absolute atomic E-state index is 0.172. The molecule has 3 rings (SSSR count). The summed E-state index contributed by atoms with van der Waals surface area (Å²) in [6.07, 6.45) is 3.34. The van der Waals surface area contributed by atoms with Crippen molar-refractivity contribution < 1.29 is 9.53 Å². The van der Waals surface area contributed by atoms with Crippen LogP contribution in [-0.2, 0) is 11.8 Å². The van der Waals surface area contributed by atoms with Gasteiger partial charge < -0.3 is 10.1 Å². The van der Waals surface area contributed by atoms with Crippen molar-refractivity contribution in [2.24, 2.45) is 7.05 Å². The number of fused-ring (bicyclic) bond motifs is 1. The molecule has 0 radical (unpaired) electrons. The van der Waals surface area contributed by atoms with Gasteiger partial charge in [0.2, 0.25) is 5.91 Å². The molecule has 1 heterocycles. The number of rotatable bonds is 4. The van der Waals surface area contributed by atoms with Gasteiger partial charge in [-0.2, -0.15) is 5.10 Å². The zero-order chi connectivity index (χ0) is 18.0. The summed E-state index contributed by atoms with van der Waals surface area (Å²) in [5, 5.41) is 9.39. The molecule has 1 aromatic heterocycles. The summed E-state index contributed by atoms with van der Waals surface area (Å²) in [5.74, 6) is 0.659. The molecule has 1 amide bonds. The number of nitrogens with zero attached hydrogens (tertiary/aromatic N) is 2. The van der Waals surface area contributed by atoms with E-state index in [4.69, 9.17) is 4.74 Å². The Morgan fingerprint density at radius 1 is 1.16 bits per heavy atom. The molecule has 5 heteroatoms. The lowest BCUT2D eigenvalue weighted by Gasteiger charge is -2.04. The summed E-state index contributed by atoms with van der Waals surface area (Å²) in [6, 6.07) is 12.0. The number of aryl methyl sites for hydroxylation is 2. The lowest BCUT2D eigenvalue weighted by atomic mass is 10.1. The first kappa shape index (κ1) is 16.8. The highest BCUT2D eigenvalue weighted by molar-refractivity contribution is 6.02. The van der Waals surface area contributed by atoms with Gasteiger partial charge in [0.1, 0.15) is 5.75 Å². The summed E-state index contributed by atoms with van der Waals surface area (Å²) >= 11 is 0.